The van der Waals surface area contributed by atoms with Crippen molar-refractivity contribution in [3.63, 3.8) is 0 Å². The molecule has 1 saturated heterocycles. The SMILES string of the molecule is C1CCc2c(CN[C@H]3[C@@H]4CCO[C@@H]4C34CCC4)noc2C1. The number of nitrogens with zero attached hydrogens (tertiary/aromatic N) is 1. The highest BCUT2D eigenvalue weighted by Crippen LogP contribution is 2.62. The maximum Gasteiger partial charge on any atom is 0.140 e. The second-order valence-corrected chi connectivity index (χ2v) is 7.43. The first-order valence-electron chi connectivity index (χ1n) is 8.70. The van der Waals surface area contributed by atoms with E-state index in [4.69, 9.17) is 9.26 Å². The van der Waals surface area contributed by atoms with Gasteiger partial charge in [0.25, 0.3) is 0 Å². The van der Waals surface area contributed by atoms with Gasteiger partial charge in [-0.25, -0.2) is 0 Å². The zero-order chi connectivity index (χ0) is 13.9. The van der Waals surface area contributed by atoms with Crippen LogP contribution in [-0.4, -0.2) is 23.9 Å². The molecule has 1 spiro atoms. The fraction of sp³-hybridized carbons (Fsp3) is 0.824. The molecular formula is C17H24N2O2. The lowest BCUT2D eigenvalue weighted by molar-refractivity contribution is -0.176. The van der Waals surface area contributed by atoms with Gasteiger partial charge in [-0.3, -0.25) is 0 Å². The van der Waals surface area contributed by atoms with E-state index >= 15 is 0 Å². The highest BCUT2D eigenvalue weighted by atomic mass is 16.5. The number of rotatable bonds is 3. The third-order valence-corrected chi connectivity index (χ3v) is 6.56. The Morgan fingerprint density at radius 2 is 2.10 bits per heavy atom. The minimum Gasteiger partial charge on any atom is -0.377 e. The molecule has 1 aromatic heterocycles. The molecule has 0 aromatic carbocycles. The zero-order valence-corrected chi connectivity index (χ0v) is 12.6. The molecular weight excluding hydrogens is 264 g/mol. The molecule has 114 valence electrons. The first-order valence-corrected chi connectivity index (χ1v) is 8.70. The van der Waals surface area contributed by atoms with E-state index < -0.39 is 0 Å². The first-order chi connectivity index (χ1) is 10.4. The van der Waals surface area contributed by atoms with Crippen molar-refractivity contribution in [1.82, 2.24) is 10.5 Å². The van der Waals surface area contributed by atoms with Crippen LogP contribution in [0.25, 0.3) is 0 Å². The Morgan fingerprint density at radius 3 is 2.95 bits per heavy atom. The lowest BCUT2D eigenvalue weighted by Crippen LogP contribution is -2.70. The van der Waals surface area contributed by atoms with Crippen molar-refractivity contribution in [2.45, 2.75) is 70.1 Å². The summed E-state index contributed by atoms with van der Waals surface area (Å²) in [5.74, 6) is 1.89. The summed E-state index contributed by atoms with van der Waals surface area (Å²) in [7, 11) is 0. The standard InChI is InChI=1S/C17H24N2O2/c1-2-5-14-11(4-1)13(19-21-14)10-18-15-12-6-9-20-16(12)17(15)7-3-8-17/h12,15-16,18H,1-10H2/t12-,15-,16-/m0/s1. The van der Waals surface area contributed by atoms with Crippen LogP contribution in [0.4, 0.5) is 0 Å². The number of hydrogen-bond acceptors (Lipinski definition) is 4. The highest BCUT2D eigenvalue weighted by Gasteiger charge is 2.66. The van der Waals surface area contributed by atoms with Gasteiger partial charge in [-0.1, -0.05) is 11.6 Å². The van der Waals surface area contributed by atoms with E-state index in [0.29, 0.717) is 17.6 Å². The van der Waals surface area contributed by atoms with E-state index in [1.165, 1.54) is 49.8 Å². The van der Waals surface area contributed by atoms with Crippen molar-refractivity contribution < 1.29 is 9.26 Å². The number of aryl methyl sites for hydroxylation is 1. The Bertz CT molecular complexity index is 549. The summed E-state index contributed by atoms with van der Waals surface area (Å²) in [6.07, 6.45) is 10.6. The minimum absolute atomic E-state index is 0.463. The van der Waals surface area contributed by atoms with Crippen LogP contribution >= 0.6 is 0 Å². The Labute approximate surface area is 125 Å². The topological polar surface area (TPSA) is 47.3 Å². The van der Waals surface area contributed by atoms with Gasteiger partial charge in [0.2, 0.25) is 0 Å². The van der Waals surface area contributed by atoms with Gasteiger partial charge in [-0.2, -0.15) is 0 Å². The van der Waals surface area contributed by atoms with Crippen molar-refractivity contribution in [3.8, 4) is 0 Å². The van der Waals surface area contributed by atoms with E-state index in [9.17, 15) is 0 Å². The molecule has 21 heavy (non-hydrogen) atoms. The normalized spacial score (nSPS) is 35.9. The van der Waals surface area contributed by atoms with Crippen LogP contribution in [0, 0.1) is 11.3 Å². The number of ether oxygens (including phenoxy) is 1. The molecule has 4 aliphatic rings. The maximum absolute atomic E-state index is 5.99. The van der Waals surface area contributed by atoms with Crippen LogP contribution in [-0.2, 0) is 24.1 Å². The molecule has 4 nitrogen and oxygen atoms in total. The van der Waals surface area contributed by atoms with Gasteiger partial charge in [0.15, 0.2) is 0 Å². The molecule has 3 aliphatic carbocycles. The largest absolute Gasteiger partial charge is 0.377 e. The van der Waals surface area contributed by atoms with Gasteiger partial charge in [0, 0.05) is 42.5 Å². The van der Waals surface area contributed by atoms with Crippen molar-refractivity contribution in [1.29, 1.82) is 0 Å². The second-order valence-electron chi connectivity index (χ2n) is 7.43. The quantitative estimate of drug-likeness (QED) is 0.928. The third-order valence-electron chi connectivity index (χ3n) is 6.56. The molecule has 0 amide bonds. The van der Waals surface area contributed by atoms with Crippen LogP contribution < -0.4 is 5.32 Å². The molecule has 1 aliphatic heterocycles. The zero-order valence-electron chi connectivity index (χ0n) is 12.6. The number of nitrogens with one attached hydrogen (secondary N) is 1. The van der Waals surface area contributed by atoms with Gasteiger partial charge in [-0.15, -0.1) is 0 Å². The molecule has 5 rings (SSSR count). The maximum atomic E-state index is 5.99. The summed E-state index contributed by atoms with van der Waals surface area (Å²) >= 11 is 0. The average Bonchev–Trinajstić information content (AvgIpc) is 3.04. The fourth-order valence-corrected chi connectivity index (χ4v) is 5.35. The molecule has 0 radical (unpaired) electrons. The molecule has 2 saturated carbocycles. The number of fused-ring (bicyclic) bond motifs is 3. The molecule has 0 unspecified atom stereocenters. The van der Waals surface area contributed by atoms with Gasteiger partial charge in [0.1, 0.15) is 11.5 Å². The van der Waals surface area contributed by atoms with Crippen LogP contribution in [0.3, 0.4) is 0 Å². The lowest BCUT2D eigenvalue weighted by atomic mass is 9.46. The van der Waals surface area contributed by atoms with Crippen molar-refractivity contribution in [3.05, 3.63) is 17.0 Å². The molecule has 0 bridgehead atoms. The predicted molar refractivity (Wildman–Crippen MR) is 77.9 cm³/mol. The number of aromatic nitrogens is 1. The summed E-state index contributed by atoms with van der Waals surface area (Å²) in [4.78, 5) is 0. The highest BCUT2D eigenvalue weighted by molar-refractivity contribution is 5.26. The van der Waals surface area contributed by atoms with E-state index in [0.717, 1.165) is 37.7 Å². The Kier molecular flexibility index (Phi) is 2.75. The van der Waals surface area contributed by atoms with Crippen LogP contribution in [0.1, 0.15) is 55.5 Å². The van der Waals surface area contributed by atoms with E-state index in [2.05, 4.69) is 10.5 Å². The Morgan fingerprint density at radius 1 is 1.19 bits per heavy atom. The predicted octanol–water partition coefficient (Wildman–Crippen LogP) is 2.60. The Hall–Kier alpha value is -0.870. The molecule has 1 N–H and O–H groups in total. The van der Waals surface area contributed by atoms with Crippen LogP contribution in [0.2, 0.25) is 0 Å². The van der Waals surface area contributed by atoms with E-state index in [-0.39, 0.29) is 0 Å². The summed E-state index contributed by atoms with van der Waals surface area (Å²) in [5, 5.41) is 8.17. The second kappa shape index (κ2) is 4.56. The number of hydrogen-bond donors (Lipinski definition) is 1. The van der Waals surface area contributed by atoms with Gasteiger partial charge in [-0.05, 0) is 38.5 Å². The summed E-state index contributed by atoms with van der Waals surface area (Å²) in [6.45, 7) is 1.85. The fourth-order valence-electron chi connectivity index (χ4n) is 5.35. The van der Waals surface area contributed by atoms with Gasteiger partial charge < -0.3 is 14.6 Å². The molecule has 4 heteroatoms. The molecule has 3 fully saturated rings. The van der Waals surface area contributed by atoms with Crippen LogP contribution in [0.5, 0.6) is 0 Å². The monoisotopic (exact) mass is 288 g/mol. The van der Waals surface area contributed by atoms with Gasteiger partial charge >= 0.3 is 0 Å². The van der Waals surface area contributed by atoms with E-state index in [1.54, 1.807) is 0 Å². The van der Waals surface area contributed by atoms with Crippen molar-refractivity contribution in [2.24, 2.45) is 11.3 Å². The first kappa shape index (κ1) is 12.7. The third kappa shape index (κ3) is 1.66. The average molecular weight is 288 g/mol. The Balaban J connectivity index is 1.31. The molecule has 2 heterocycles. The van der Waals surface area contributed by atoms with Gasteiger partial charge in [0.05, 0.1) is 6.10 Å². The summed E-state index contributed by atoms with van der Waals surface area (Å²) in [5.41, 5.74) is 3.03. The molecule has 1 aromatic rings. The van der Waals surface area contributed by atoms with Crippen molar-refractivity contribution in [2.75, 3.05) is 6.61 Å². The van der Waals surface area contributed by atoms with Crippen molar-refractivity contribution >= 4 is 0 Å². The molecule has 3 atom stereocenters. The summed E-state index contributed by atoms with van der Waals surface area (Å²) < 4.78 is 11.5. The smallest absolute Gasteiger partial charge is 0.140 e. The summed E-state index contributed by atoms with van der Waals surface area (Å²) in [6, 6.07) is 0.648. The lowest BCUT2D eigenvalue weighted by Gasteiger charge is -2.63. The minimum atomic E-state index is 0.463. The van der Waals surface area contributed by atoms with E-state index in [1.807, 2.05) is 0 Å². The van der Waals surface area contributed by atoms with Crippen LogP contribution in [0.15, 0.2) is 4.52 Å².